The lowest BCUT2D eigenvalue weighted by atomic mass is 9.94. The Morgan fingerprint density at radius 1 is 1.24 bits per heavy atom. The van der Waals surface area contributed by atoms with E-state index in [4.69, 9.17) is 9.72 Å². The Morgan fingerprint density at radius 3 is 2.52 bits per heavy atom. The zero-order valence-corrected chi connectivity index (χ0v) is 14.0. The van der Waals surface area contributed by atoms with Gasteiger partial charge in [-0.05, 0) is 43.4 Å². The molecule has 1 aromatic carbocycles. The number of ether oxygens (including phenoxy) is 1. The molecule has 0 radical (unpaired) electrons. The van der Waals surface area contributed by atoms with Crippen LogP contribution in [0, 0.1) is 13.8 Å². The van der Waals surface area contributed by atoms with Crippen molar-refractivity contribution in [1.29, 1.82) is 0 Å². The maximum absolute atomic E-state index is 5.51. The molecule has 0 unspecified atom stereocenters. The molecule has 0 aliphatic carbocycles. The van der Waals surface area contributed by atoms with Gasteiger partial charge in [-0.25, -0.2) is 4.98 Å². The van der Waals surface area contributed by atoms with Crippen LogP contribution in [0.1, 0.15) is 49.9 Å². The van der Waals surface area contributed by atoms with Crippen molar-refractivity contribution in [3.05, 3.63) is 29.0 Å². The van der Waals surface area contributed by atoms with Gasteiger partial charge in [0, 0.05) is 23.3 Å². The fourth-order valence-electron chi connectivity index (χ4n) is 2.95. The lowest BCUT2D eigenvalue weighted by molar-refractivity contribution is 0.418. The van der Waals surface area contributed by atoms with Crippen LogP contribution in [0.4, 0.5) is 5.69 Å². The van der Waals surface area contributed by atoms with Gasteiger partial charge in [0.1, 0.15) is 11.3 Å². The average Bonchev–Trinajstić information content (AvgIpc) is 2.44. The number of fused-ring (bicyclic) bond motifs is 1. The van der Waals surface area contributed by atoms with E-state index in [1.165, 1.54) is 22.2 Å². The number of rotatable bonds is 5. The Hall–Kier alpha value is -1.77. The predicted molar refractivity (Wildman–Crippen MR) is 90.6 cm³/mol. The molecule has 0 amide bonds. The normalized spacial score (nSPS) is 11.2. The monoisotopic (exact) mass is 286 g/mol. The number of hydrogen-bond donors (Lipinski definition) is 1. The van der Waals surface area contributed by atoms with Gasteiger partial charge in [-0.1, -0.05) is 26.8 Å². The van der Waals surface area contributed by atoms with E-state index in [-0.39, 0.29) is 0 Å². The molecule has 0 saturated carbocycles. The number of aryl methyl sites for hydroxylation is 2. The number of anilines is 1. The molecule has 0 bridgehead atoms. The fourth-order valence-corrected chi connectivity index (χ4v) is 2.95. The van der Waals surface area contributed by atoms with Crippen LogP contribution in [-0.2, 0) is 0 Å². The Kier molecular flexibility index (Phi) is 4.71. The zero-order valence-electron chi connectivity index (χ0n) is 14.0. The minimum Gasteiger partial charge on any atom is -0.494 e. The van der Waals surface area contributed by atoms with Crippen LogP contribution in [0.5, 0.6) is 5.75 Å². The van der Waals surface area contributed by atoms with Gasteiger partial charge >= 0.3 is 0 Å². The fraction of sp³-hybridized carbons (Fsp3) is 0.500. The first-order valence-corrected chi connectivity index (χ1v) is 7.72. The van der Waals surface area contributed by atoms with Crippen molar-refractivity contribution in [3.63, 3.8) is 0 Å². The molecule has 0 saturated heterocycles. The second-order valence-electron chi connectivity index (χ2n) is 5.88. The van der Waals surface area contributed by atoms with Gasteiger partial charge < -0.3 is 10.1 Å². The van der Waals surface area contributed by atoms with Gasteiger partial charge in [0.05, 0.1) is 7.11 Å². The molecule has 0 aliphatic heterocycles. The Labute approximate surface area is 127 Å². The van der Waals surface area contributed by atoms with E-state index in [0.717, 1.165) is 29.9 Å². The van der Waals surface area contributed by atoms with E-state index >= 15 is 0 Å². The molecular formula is C18H26N2O. The van der Waals surface area contributed by atoms with Gasteiger partial charge in [0.2, 0.25) is 0 Å². The van der Waals surface area contributed by atoms with Crippen LogP contribution in [0.2, 0.25) is 0 Å². The summed E-state index contributed by atoms with van der Waals surface area (Å²) >= 11 is 0. The van der Waals surface area contributed by atoms with Crippen LogP contribution < -0.4 is 10.1 Å². The van der Waals surface area contributed by atoms with Crippen molar-refractivity contribution in [2.24, 2.45) is 0 Å². The van der Waals surface area contributed by atoms with Crippen molar-refractivity contribution >= 4 is 16.6 Å². The lowest BCUT2D eigenvalue weighted by Crippen LogP contribution is -2.09. The first kappa shape index (κ1) is 15.6. The molecule has 114 valence electrons. The standard InChI is InChI=1S/C18H26N2O/c1-7-10-19-18-15(11(2)3)13(5)20-17-14(21-6)9-8-12(4)16(17)18/h8-9,11H,7,10H2,1-6H3,(H,19,20). The van der Waals surface area contributed by atoms with Crippen molar-refractivity contribution < 1.29 is 4.74 Å². The molecule has 0 spiro atoms. The molecule has 3 nitrogen and oxygen atoms in total. The summed E-state index contributed by atoms with van der Waals surface area (Å²) in [7, 11) is 1.70. The highest BCUT2D eigenvalue weighted by Crippen LogP contribution is 2.38. The summed E-state index contributed by atoms with van der Waals surface area (Å²) < 4.78 is 5.51. The first-order valence-electron chi connectivity index (χ1n) is 7.72. The summed E-state index contributed by atoms with van der Waals surface area (Å²) in [6.07, 6.45) is 1.10. The van der Waals surface area contributed by atoms with Gasteiger partial charge in [-0.2, -0.15) is 0 Å². The molecular weight excluding hydrogens is 260 g/mol. The number of hydrogen-bond acceptors (Lipinski definition) is 3. The summed E-state index contributed by atoms with van der Waals surface area (Å²) in [5.74, 6) is 1.28. The topological polar surface area (TPSA) is 34.2 Å². The minimum absolute atomic E-state index is 0.437. The van der Waals surface area contributed by atoms with Crippen LogP contribution in [0.15, 0.2) is 12.1 Å². The van der Waals surface area contributed by atoms with Crippen molar-refractivity contribution in [3.8, 4) is 5.75 Å². The van der Waals surface area contributed by atoms with Crippen molar-refractivity contribution in [2.45, 2.75) is 47.0 Å². The Balaban J connectivity index is 2.85. The van der Waals surface area contributed by atoms with Crippen LogP contribution in [-0.4, -0.2) is 18.6 Å². The quantitative estimate of drug-likeness (QED) is 0.856. The molecule has 21 heavy (non-hydrogen) atoms. The predicted octanol–water partition coefficient (Wildman–Crippen LogP) is 4.81. The number of aromatic nitrogens is 1. The first-order chi connectivity index (χ1) is 10.0. The molecule has 0 aliphatic rings. The summed E-state index contributed by atoms with van der Waals surface area (Å²) in [5, 5.41) is 4.82. The summed E-state index contributed by atoms with van der Waals surface area (Å²) in [6.45, 7) is 11.8. The number of benzene rings is 1. The number of methoxy groups -OCH3 is 1. The Bertz CT molecular complexity index is 647. The molecule has 1 N–H and O–H groups in total. The van der Waals surface area contributed by atoms with Gasteiger partial charge in [-0.3, -0.25) is 0 Å². The van der Waals surface area contributed by atoms with Crippen molar-refractivity contribution in [1.82, 2.24) is 4.98 Å². The zero-order chi connectivity index (χ0) is 15.6. The van der Waals surface area contributed by atoms with Crippen LogP contribution >= 0.6 is 0 Å². The molecule has 0 atom stereocenters. The maximum Gasteiger partial charge on any atom is 0.145 e. The Morgan fingerprint density at radius 2 is 1.95 bits per heavy atom. The third-order valence-corrected chi connectivity index (χ3v) is 3.89. The average molecular weight is 286 g/mol. The van der Waals surface area contributed by atoms with Crippen LogP contribution in [0.3, 0.4) is 0 Å². The number of nitrogens with one attached hydrogen (secondary N) is 1. The molecule has 0 fully saturated rings. The highest BCUT2D eigenvalue weighted by Gasteiger charge is 2.18. The van der Waals surface area contributed by atoms with Gasteiger partial charge in [0.25, 0.3) is 0 Å². The highest BCUT2D eigenvalue weighted by atomic mass is 16.5. The SMILES string of the molecule is CCCNc1c(C(C)C)c(C)nc2c(OC)ccc(C)c12. The van der Waals surface area contributed by atoms with Crippen molar-refractivity contribution in [2.75, 3.05) is 19.0 Å². The second kappa shape index (κ2) is 6.33. The van der Waals surface area contributed by atoms with E-state index in [9.17, 15) is 0 Å². The highest BCUT2D eigenvalue weighted by molar-refractivity contribution is 5.99. The maximum atomic E-state index is 5.51. The molecule has 3 heteroatoms. The largest absolute Gasteiger partial charge is 0.494 e. The van der Waals surface area contributed by atoms with E-state index in [1.54, 1.807) is 7.11 Å². The summed E-state index contributed by atoms with van der Waals surface area (Å²) in [6, 6.07) is 4.11. The molecule has 2 rings (SSSR count). The second-order valence-corrected chi connectivity index (χ2v) is 5.88. The summed E-state index contributed by atoms with van der Waals surface area (Å²) in [4.78, 5) is 4.83. The number of pyridine rings is 1. The van der Waals surface area contributed by atoms with E-state index < -0.39 is 0 Å². The van der Waals surface area contributed by atoms with Gasteiger partial charge in [-0.15, -0.1) is 0 Å². The van der Waals surface area contributed by atoms with E-state index in [2.05, 4.69) is 46.0 Å². The third-order valence-electron chi connectivity index (χ3n) is 3.89. The smallest absolute Gasteiger partial charge is 0.145 e. The van der Waals surface area contributed by atoms with E-state index in [0.29, 0.717) is 5.92 Å². The van der Waals surface area contributed by atoms with Crippen LogP contribution in [0.25, 0.3) is 10.9 Å². The lowest BCUT2D eigenvalue weighted by Gasteiger charge is -2.21. The molecule has 2 aromatic rings. The minimum atomic E-state index is 0.437. The number of nitrogens with zero attached hydrogens (tertiary/aromatic N) is 1. The molecule has 1 heterocycles. The third kappa shape index (κ3) is 2.82. The van der Waals surface area contributed by atoms with Gasteiger partial charge in [0.15, 0.2) is 0 Å². The van der Waals surface area contributed by atoms with E-state index in [1.807, 2.05) is 6.07 Å². The summed E-state index contributed by atoms with van der Waals surface area (Å²) in [5.41, 5.74) is 5.81. The molecule has 1 aromatic heterocycles.